The van der Waals surface area contributed by atoms with Crippen molar-refractivity contribution in [2.75, 3.05) is 0 Å². The largest absolute Gasteiger partial charge is 0.349 e. The molecule has 2 aliphatic rings. The van der Waals surface area contributed by atoms with Gasteiger partial charge in [0, 0.05) is 19.3 Å². The van der Waals surface area contributed by atoms with E-state index in [0.717, 1.165) is 25.7 Å². The number of hydrogen-bond donors (Lipinski definition) is 2. The van der Waals surface area contributed by atoms with Crippen LogP contribution < -0.4 is 16.6 Å². The molecule has 2 fully saturated rings. The first-order chi connectivity index (χ1) is 9.06. The molecule has 0 spiro atoms. The van der Waals surface area contributed by atoms with Crippen LogP contribution >= 0.6 is 0 Å². The smallest absolute Gasteiger partial charge is 0.328 e. The molecule has 2 saturated carbocycles. The maximum atomic E-state index is 12.2. The molecule has 0 aliphatic heterocycles. The highest BCUT2D eigenvalue weighted by molar-refractivity contribution is 5.93. The lowest BCUT2D eigenvalue weighted by atomic mass is 10.1. The normalized spacial score (nSPS) is 18.6. The van der Waals surface area contributed by atoms with Crippen molar-refractivity contribution in [3.05, 3.63) is 32.6 Å². The highest BCUT2D eigenvalue weighted by Gasteiger charge is 2.42. The SMILES string of the molecule is Cn1cc(C(=O)NC(C2CC2)C2CC2)c(=O)[nH]c1=O. The zero-order chi connectivity index (χ0) is 13.6. The predicted molar refractivity (Wildman–Crippen MR) is 69.0 cm³/mol. The third-order valence-electron chi connectivity index (χ3n) is 3.91. The zero-order valence-corrected chi connectivity index (χ0v) is 10.8. The van der Waals surface area contributed by atoms with Gasteiger partial charge in [0.25, 0.3) is 11.5 Å². The number of nitrogens with zero attached hydrogens (tertiary/aromatic N) is 1. The Morgan fingerprint density at radius 3 is 2.42 bits per heavy atom. The second kappa shape index (κ2) is 4.36. The third kappa shape index (κ3) is 2.47. The first-order valence-electron chi connectivity index (χ1n) is 6.67. The molecule has 3 rings (SSSR count). The Morgan fingerprint density at radius 1 is 1.32 bits per heavy atom. The number of hydrogen-bond acceptors (Lipinski definition) is 3. The maximum Gasteiger partial charge on any atom is 0.328 e. The van der Waals surface area contributed by atoms with E-state index < -0.39 is 11.2 Å². The summed E-state index contributed by atoms with van der Waals surface area (Å²) >= 11 is 0. The molecule has 0 saturated heterocycles. The molecule has 102 valence electrons. The third-order valence-corrected chi connectivity index (χ3v) is 3.91. The van der Waals surface area contributed by atoms with E-state index in [1.165, 1.54) is 17.8 Å². The van der Waals surface area contributed by atoms with E-state index in [0.29, 0.717) is 11.8 Å². The maximum absolute atomic E-state index is 12.2. The average Bonchev–Trinajstić information content (AvgIpc) is 3.24. The molecule has 1 aromatic rings. The fraction of sp³-hybridized carbons (Fsp3) is 0.615. The van der Waals surface area contributed by atoms with Gasteiger partial charge >= 0.3 is 5.69 Å². The van der Waals surface area contributed by atoms with Crippen LogP contribution in [0, 0.1) is 11.8 Å². The summed E-state index contributed by atoms with van der Waals surface area (Å²) in [5.74, 6) is 0.770. The van der Waals surface area contributed by atoms with Gasteiger partial charge in [-0.2, -0.15) is 0 Å². The minimum absolute atomic E-state index is 0.00778. The lowest BCUT2D eigenvalue weighted by molar-refractivity contribution is 0.0923. The van der Waals surface area contributed by atoms with Crippen LogP contribution in [0.3, 0.4) is 0 Å². The zero-order valence-electron chi connectivity index (χ0n) is 10.8. The molecule has 2 N–H and O–H groups in total. The Labute approximate surface area is 109 Å². The summed E-state index contributed by atoms with van der Waals surface area (Å²) in [4.78, 5) is 37.2. The summed E-state index contributed by atoms with van der Waals surface area (Å²) in [7, 11) is 1.51. The van der Waals surface area contributed by atoms with Gasteiger partial charge < -0.3 is 9.88 Å². The second-order valence-electron chi connectivity index (χ2n) is 5.59. The van der Waals surface area contributed by atoms with Crippen molar-refractivity contribution in [1.29, 1.82) is 0 Å². The molecule has 2 aliphatic carbocycles. The van der Waals surface area contributed by atoms with Gasteiger partial charge in [-0.3, -0.25) is 14.6 Å². The minimum atomic E-state index is -0.619. The van der Waals surface area contributed by atoms with E-state index >= 15 is 0 Å². The van der Waals surface area contributed by atoms with Crippen molar-refractivity contribution >= 4 is 5.91 Å². The van der Waals surface area contributed by atoms with Crippen LogP contribution in [0.15, 0.2) is 15.8 Å². The molecule has 6 heteroatoms. The monoisotopic (exact) mass is 263 g/mol. The lowest BCUT2D eigenvalue weighted by Crippen LogP contribution is -2.42. The van der Waals surface area contributed by atoms with Crippen LogP contribution in [0.2, 0.25) is 0 Å². The molecule has 1 aromatic heterocycles. The molecule has 1 amide bonds. The topological polar surface area (TPSA) is 84.0 Å². The van der Waals surface area contributed by atoms with Crippen molar-refractivity contribution in [3.63, 3.8) is 0 Å². The fourth-order valence-electron chi connectivity index (χ4n) is 2.49. The van der Waals surface area contributed by atoms with E-state index in [-0.39, 0.29) is 17.5 Å². The Morgan fingerprint density at radius 2 is 1.89 bits per heavy atom. The first-order valence-corrected chi connectivity index (χ1v) is 6.67. The summed E-state index contributed by atoms with van der Waals surface area (Å²) < 4.78 is 1.21. The number of aromatic nitrogens is 2. The van der Waals surface area contributed by atoms with Crippen LogP contribution in [0.25, 0.3) is 0 Å². The van der Waals surface area contributed by atoms with Crippen LogP contribution in [-0.4, -0.2) is 21.5 Å². The van der Waals surface area contributed by atoms with Crippen LogP contribution in [0.5, 0.6) is 0 Å². The highest BCUT2D eigenvalue weighted by Crippen LogP contribution is 2.44. The standard InChI is InChI=1S/C13H17N3O3/c1-16-6-9(12(18)15-13(16)19)11(17)14-10(7-2-3-7)8-4-5-8/h6-8,10H,2-5H2,1H3,(H,14,17)(H,15,18,19). The Kier molecular flexibility index (Phi) is 2.80. The molecular formula is C13H17N3O3. The molecule has 0 unspecified atom stereocenters. The van der Waals surface area contributed by atoms with Crippen molar-refractivity contribution in [1.82, 2.24) is 14.9 Å². The van der Waals surface area contributed by atoms with Crippen LogP contribution in [-0.2, 0) is 7.05 Å². The van der Waals surface area contributed by atoms with Gasteiger partial charge in [-0.15, -0.1) is 0 Å². The van der Waals surface area contributed by atoms with E-state index in [1.807, 2.05) is 0 Å². The van der Waals surface area contributed by atoms with E-state index in [1.54, 1.807) is 0 Å². The number of carbonyl (C=O) groups excluding carboxylic acids is 1. The van der Waals surface area contributed by atoms with Crippen molar-refractivity contribution in [3.8, 4) is 0 Å². The number of aromatic amines is 1. The number of rotatable bonds is 4. The van der Waals surface area contributed by atoms with Crippen LogP contribution in [0.1, 0.15) is 36.0 Å². The molecule has 0 radical (unpaired) electrons. The van der Waals surface area contributed by atoms with E-state index in [2.05, 4.69) is 10.3 Å². The van der Waals surface area contributed by atoms with Gasteiger partial charge in [-0.25, -0.2) is 4.79 Å². The number of nitrogens with one attached hydrogen (secondary N) is 2. The molecule has 6 nitrogen and oxygen atoms in total. The fourth-order valence-corrected chi connectivity index (χ4v) is 2.49. The lowest BCUT2D eigenvalue weighted by Gasteiger charge is -2.17. The van der Waals surface area contributed by atoms with Gasteiger partial charge in [0.1, 0.15) is 5.56 Å². The van der Waals surface area contributed by atoms with E-state index in [9.17, 15) is 14.4 Å². The summed E-state index contributed by atoms with van der Waals surface area (Å²) in [6, 6.07) is 0.198. The van der Waals surface area contributed by atoms with Gasteiger partial charge in [0.05, 0.1) is 0 Å². The van der Waals surface area contributed by atoms with Crippen molar-refractivity contribution < 1.29 is 4.79 Å². The molecular weight excluding hydrogens is 246 g/mol. The molecule has 0 bridgehead atoms. The van der Waals surface area contributed by atoms with Gasteiger partial charge in [0.2, 0.25) is 0 Å². The summed E-state index contributed by atoms with van der Waals surface area (Å²) in [6.07, 6.45) is 5.93. The summed E-state index contributed by atoms with van der Waals surface area (Å²) in [5, 5.41) is 2.97. The van der Waals surface area contributed by atoms with Crippen LogP contribution in [0.4, 0.5) is 0 Å². The van der Waals surface area contributed by atoms with Gasteiger partial charge in [-0.05, 0) is 37.5 Å². The molecule has 19 heavy (non-hydrogen) atoms. The van der Waals surface area contributed by atoms with Crippen molar-refractivity contribution in [2.24, 2.45) is 18.9 Å². The highest BCUT2D eigenvalue weighted by atomic mass is 16.2. The number of amides is 1. The summed E-state index contributed by atoms with van der Waals surface area (Å²) in [6.45, 7) is 0. The predicted octanol–water partition coefficient (Wildman–Crippen LogP) is -0.00800. The Hall–Kier alpha value is -1.85. The first kappa shape index (κ1) is 12.2. The molecule has 0 aromatic carbocycles. The Bertz CT molecular complexity index is 611. The van der Waals surface area contributed by atoms with Crippen molar-refractivity contribution in [2.45, 2.75) is 31.7 Å². The molecule has 1 heterocycles. The van der Waals surface area contributed by atoms with Gasteiger partial charge in [-0.1, -0.05) is 0 Å². The average molecular weight is 263 g/mol. The number of carbonyl (C=O) groups is 1. The summed E-state index contributed by atoms with van der Waals surface area (Å²) in [5.41, 5.74) is -1.12. The number of aryl methyl sites for hydroxylation is 1. The minimum Gasteiger partial charge on any atom is -0.349 e. The molecule has 0 atom stereocenters. The Balaban J connectivity index is 1.81. The van der Waals surface area contributed by atoms with E-state index in [4.69, 9.17) is 0 Å². The number of H-pyrrole nitrogens is 1. The van der Waals surface area contributed by atoms with Gasteiger partial charge in [0.15, 0.2) is 0 Å². The quantitative estimate of drug-likeness (QED) is 0.801. The second-order valence-corrected chi connectivity index (χ2v) is 5.59.